The number of methoxy groups -OCH3 is 1. The zero-order chi connectivity index (χ0) is 9.68. The third-order valence-electron chi connectivity index (χ3n) is 1.70. The van der Waals surface area contributed by atoms with Crippen LogP contribution in [-0.2, 0) is 17.6 Å². The minimum Gasteiger partial charge on any atom is -0.381 e. The van der Waals surface area contributed by atoms with Gasteiger partial charge in [-0.15, -0.1) is 0 Å². The summed E-state index contributed by atoms with van der Waals surface area (Å²) >= 11 is 0. The van der Waals surface area contributed by atoms with Crippen molar-refractivity contribution in [2.24, 2.45) is 0 Å². The van der Waals surface area contributed by atoms with Crippen molar-refractivity contribution >= 4 is 0 Å². The lowest BCUT2D eigenvalue weighted by Crippen LogP contribution is -2.09. The Balaban J connectivity index is 2.54. The molecule has 1 atom stereocenters. The monoisotopic (exact) mass is 180 g/mol. The molecule has 0 aliphatic rings. The van der Waals surface area contributed by atoms with Gasteiger partial charge in [-0.3, -0.25) is 5.10 Å². The zero-order valence-corrected chi connectivity index (χ0v) is 7.74. The second-order valence-electron chi connectivity index (χ2n) is 2.78. The fourth-order valence-electron chi connectivity index (χ4n) is 0.932. The minimum absolute atomic E-state index is 0.114. The lowest BCUT2D eigenvalue weighted by molar-refractivity contribution is 0.117. The van der Waals surface area contributed by atoms with Gasteiger partial charge in [0.15, 0.2) is 5.82 Å². The van der Waals surface area contributed by atoms with Gasteiger partial charge in [0.25, 0.3) is 0 Å². The predicted molar refractivity (Wildman–Crippen MR) is 45.9 cm³/mol. The molecule has 0 amide bonds. The van der Waals surface area contributed by atoms with Crippen LogP contribution in [-0.4, -0.2) is 28.4 Å². The van der Waals surface area contributed by atoms with Crippen LogP contribution in [0, 0.1) is 11.3 Å². The number of hydrogen-bond acceptors (Lipinski definition) is 4. The normalized spacial score (nSPS) is 12.4. The molecule has 1 N–H and O–H groups in total. The highest BCUT2D eigenvalue weighted by atomic mass is 16.5. The number of H-pyrrole nitrogens is 1. The van der Waals surface area contributed by atoms with Gasteiger partial charge in [0, 0.05) is 13.5 Å². The maximum absolute atomic E-state index is 8.39. The number of aromatic amines is 1. The van der Waals surface area contributed by atoms with E-state index in [0.29, 0.717) is 12.2 Å². The van der Waals surface area contributed by atoms with E-state index in [0.717, 1.165) is 5.82 Å². The Bertz CT molecular complexity index is 301. The summed E-state index contributed by atoms with van der Waals surface area (Å²) in [5.41, 5.74) is 0. The van der Waals surface area contributed by atoms with Crippen molar-refractivity contribution in [3.8, 4) is 6.07 Å². The molecule has 0 spiro atoms. The van der Waals surface area contributed by atoms with Crippen molar-refractivity contribution in [2.75, 3.05) is 7.11 Å². The molecule has 0 radical (unpaired) electrons. The molecule has 1 rings (SSSR count). The number of nitrogens with zero attached hydrogens (tertiary/aromatic N) is 3. The van der Waals surface area contributed by atoms with E-state index in [1.807, 2.05) is 13.0 Å². The van der Waals surface area contributed by atoms with Crippen LogP contribution in [0.5, 0.6) is 0 Å². The van der Waals surface area contributed by atoms with E-state index < -0.39 is 0 Å². The van der Waals surface area contributed by atoms with Gasteiger partial charge < -0.3 is 4.74 Å². The van der Waals surface area contributed by atoms with Gasteiger partial charge in [-0.2, -0.15) is 10.4 Å². The van der Waals surface area contributed by atoms with E-state index in [1.54, 1.807) is 7.11 Å². The second-order valence-corrected chi connectivity index (χ2v) is 2.78. The SMILES string of the molecule is COC(C)Cc1nc(CC#N)n[nH]1. The Morgan fingerprint density at radius 1 is 1.69 bits per heavy atom. The van der Waals surface area contributed by atoms with E-state index >= 15 is 0 Å². The minimum atomic E-state index is 0.114. The van der Waals surface area contributed by atoms with Gasteiger partial charge in [-0.25, -0.2) is 4.98 Å². The largest absolute Gasteiger partial charge is 0.381 e. The summed E-state index contributed by atoms with van der Waals surface area (Å²) in [6.07, 6.45) is 1.05. The van der Waals surface area contributed by atoms with Crippen molar-refractivity contribution in [3.63, 3.8) is 0 Å². The highest BCUT2D eigenvalue weighted by Gasteiger charge is 2.06. The summed E-state index contributed by atoms with van der Waals surface area (Å²) in [4.78, 5) is 4.12. The molecular weight excluding hydrogens is 168 g/mol. The fraction of sp³-hybridized carbons (Fsp3) is 0.625. The topological polar surface area (TPSA) is 74.6 Å². The van der Waals surface area contributed by atoms with Crippen LogP contribution < -0.4 is 0 Å². The van der Waals surface area contributed by atoms with Crippen LogP contribution in [0.25, 0.3) is 0 Å². The van der Waals surface area contributed by atoms with E-state index in [2.05, 4.69) is 15.2 Å². The second kappa shape index (κ2) is 4.58. The van der Waals surface area contributed by atoms with E-state index in [9.17, 15) is 0 Å². The lowest BCUT2D eigenvalue weighted by Gasteiger charge is -2.04. The number of nitriles is 1. The van der Waals surface area contributed by atoms with Crippen molar-refractivity contribution in [1.29, 1.82) is 5.26 Å². The number of rotatable bonds is 4. The molecule has 1 aromatic rings. The molecule has 0 aliphatic carbocycles. The molecule has 13 heavy (non-hydrogen) atoms. The van der Waals surface area contributed by atoms with E-state index in [1.165, 1.54) is 0 Å². The summed E-state index contributed by atoms with van der Waals surface area (Å²) < 4.78 is 5.07. The average molecular weight is 180 g/mol. The lowest BCUT2D eigenvalue weighted by atomic mass is 10.3. The molecule has 0 aliphatic heterocycles. The highest BCUT2D eigenvalue weighted by molar-refractivity contribution is 4.97. The van der Waals surface area contributed by atoms with Gasteiger partial charge in [0.2, 0.25) is 0 Å². The third kappa shape index (κ3) is 2.84. The first kappa shape index (κ1) is 9.68. The molecule has 70 valence electrons. The maximum atomic E-state index is 8.39. The van der Waals surface area contributed by atoms with Gasteiger partial charge in [0.05, 0.1) is 18.6 Å². The Kier molecular flexibility index (Phi) is 3.41. The van der Waals surface area contributed by atoms with Crippen LogP contribution in [0.2, 0.25) is 0 Å². The van der Waals surface area contributed by atoms with Crippen LogP contribution in [0.4, 0.5) is 0 Å². The summed E-state index contributed by atoms with van der Waals surface area (Å²) in [5.74, 6) is 1.31. The molecule has 1 unspecified atom stereocenters. The highest BCUT2D eigenvalue weighted by Crippen LogP contribution is 1.99. The van der Waals surface area contributed by atoms with Gasteiger partial charge in [-0.05, 0) is 6.92 Å². The third-order valence-corrected chi connectivity index (χ3v) is 1.70. The maximum Gasteiger partial charge on any atom is 0.164 e. The van der Waals surface area contributed by atoms with Crippen LogP contribution in [0.15, 0.2) is 0 Å². The Morgan fingerprint density at radius 3 is 3.08 bits per heavy atom. The van der Waals surface area contributed by atoms with E-state index in [-0.39, 0.29) is 12.5 Å². The Morgan fingerprint density at radius 2 is 2.46 bits per heavy atom. The first-order valence-corrected chi connectivity index (χ1v) is 4.06. The Labute approximate surface area is 76.7 Å². The van der Waals surface area contributed by atoms with Gasteiger partial charge in [0.1, 0.15) is 5.82 Å². The average Bonchev–Trinajstić information content (AvgIpc) is 2.53. The molecule has 0 bridgehead atoms. The number of nitrogens with one attached hydrogen (secondary N) is 1. The molecule has 0 saturated heterocycles. The molecule has 1 heterocycles. The summed E-state index contributed by atoms with van der Waals surface area (Å²) in [7, 11) is 1.65. The molecule has 0 fully saturated rings. The van der Waals surface area contributed by atoms with Gasteiger partial charge in [-0.1, -0.05) is 0 Å². The van der Waals surface area contributed by atoms with Crippen molar-refractivity contribution < 1.29 is 4.74 Å². The Hall–Kier alpha value is -1.41. The van der Waals surface area contributed by atoms with Crippen molar-refractivity contribution in [2.45, 2.75) is 25.9 Å². The van der Waals surface area contributed by atoms with E-state index in [4.69, 9.17) is 10.00 Å². The summed E-state index contributed by atoms with van der Waals surface area (Å²) in [5, 5.41) is 15.0. The first-order chi connectivity index (χ1) is 6.26. The van der Waals surface area contributed by atoms with Crippen molar-refractivity contribution in [3.05, 3.63) is 11.6 Å². The zero-order valence-electron chi connectivity index (χ0n) is 7.74. The molecule has 5 heteroatoms. The standard InChI is InChI=1S/C8H12N4O/c1-6(13-2)5-8-10-7(3-4-9)11-12-8/h6H,3,5H2,1-2H3,(H,10,11,12). The van der Waals surface area contributed by atoms with Gasteiger partial charge >= 0.3 is 0 Å². The molecule has 0 saturated carbocycles. The number of aromatic nitrogens is 3. The summed E-state index contributed by atoms with van der Waals surface area (Å²) in [6.45, 7) is 1.95. The van der Waals surface area contributed by atoms with Crippen LogP contribution in [0.1, 0.15) is 18.6 Å². The van der Waals surface area contributed by atoms with Crippen molar-refractivity contribution in [1.82, 2.24) is 15.2 Å². The number of ether oxygens (including phenoxy) is 1. The molecular formula is C8H12N4O. The molecule has 5 nitrogen and oxygen atoms in total. The quantitative estimate of drug-likeness (QED) is 0.729. The predicted octanol–water partition coefficient (Wildman–Crippen LogP) is 0.448. The first-order valence-electron chi connectivity index (χ1n) is 4.06. The smallest absolute Gasteiger partial charge is 0.164 e. The van der Waals surface area contributed by atoms with Crippen LogP contribution >= 0.6 is 0 Å². The fourth-order valence-corrected chi connectivity index (χ4v) is 0.932. The summed E-state index contributed by atoms with van der Waals surface area (Å²) in [6, 6.07) is 1.99. The molecule has 0 aromatic carbocycles. The molecule has 1 aromatic heterocycles. The number of hydrogen-bond donors (Lipinski definition) is 1. The van der Waals surface area contributed by atoms with Crippen LogP contribution in [0.3, 0.4) is 0 Å².